The fourth-order valence-corrected chi connectivity index (χ4v) is 5.37. The molecule has 1 aromatic carbocycles. The van der Waals surface area contributed by atoms with Crippen LogP contribution in [0, 0.1) is 0 Å². The molecule has 0 spiro atoms. The Kier molecular flexibility index (Phi) is 8.46. The number of aliphatic hydroxyl groups is 1. The minimum absolute atomic E-state index is 0.0831. The molecule has 11 nitrogen and oxygen atoms in total. The molecule has 3 aliphatic heterocycles. The third-order valence-electron chi connectivity index (χ3n) is 7.49. The molecule has 1 aromatic rings. The maximum absolute atomic E-state index is 13.3. The fraction of sp³-hybridized carbons (Fsp3) is 0.615. The molecule has 37 heavy (non-hydrogen) atoms. The first-order valence-corrected chi connectivity index (χ1v) is 13.2. The monoisotopic (exact) mass is 514 g/mol. The number of imide groups is 1. The van der Waals surface area contributed by atoms with Gasteiger partial charge >= 0.3 is 0 Å². The van der Waals surface area contributed by atoms with Crippen LogP contribution in [0.1, 0.15) is 68.1 Å². The van der Waals surface area contributed by atoms with Crippen LogP contribution < -0.4 is 16.4 Å². The number of carbonyl (C=O) groups excluding carboxylic acids is 4. The van der Waals surface area contributed by atoms with E-state index in [1.54, 1.807) is 18.2 Å². The van der Waals surface area contributed by atoms with E-state index in [9.17, 15) is 24.3 Å². The summed E-state index contributed by atoms with van der Waals surface area (Å²) >= 11 is 0. The van der Waals surface area contributed by atoms with E-state index in [0.29, 0.717) is 42.9 Å². The van der Waals surface area contributed by atoms with Gasteiger partial charge in [0.1, 0.15) is 6.04 Å². The lowest BCUT2D eigenvalue weighted by Crippen LogP contribution is -2.53. The fourth-order valence-electron chi connectivity index (χ4n) is 5.37. The Morgan fingerprint density at radius 1 is 1.24 bits per heavy atom. The van der Waals surface area contributed by atoms with Crippen LogP contribution in [-0.4, -0.2) is 94.3 Å². The Labute approximate surface area is 217 Å². The first-order chi connectivity index (χ1) is 17.7. The van der Waals surface area contributed by atoms with Crippen LogP contribution in [0.5, 0.6) is 0 Å². The Morgan fingerprint density at radius 2 is 2.03 bits per heavy atom. The molecule has 202 valence electrons. The van der Waals surface area contributed by atoms with Crippen LogP contribution >= 0.6 is 0 Å². The van der Waals surface area contributed by atoms with Gasteiger partial charge in [-0.2, -0.15) is 0 Å². The van der Waals surface area contributed by atoms with Gasteiger partial charge in [-0.15, -0.1) is 0 Å². The molecule has 0 bridgehead atoms. The van der Waals surface area contributed by atoms with Gasteiger partial charge in [-0.05, 0) is 39.2 Å². The van der Waals surface area contributed by atoms with E-state index in [-0.39, 0.29) is 36.7 Å². The highest BCUT2D eigenvalue weighted by molar-refractivity contribution is 6.08. The highest BCUT2D eigenvalue weighted by Crippen LogP contribution is 2.38. The number of hydrogen-bond acceptors (Lipinski definition) is 8. The molecule has 3 unspecified atom stereocenters. The first kappa shape index (κ1) is 27.0. The lowest BCUT2D eigenvalue weighted by molar-refractivity contribution is -0.139. The van der Waals surface area contributed by atoms with Crippen molar-refractivity contribution in [2.24, 2.45) is 5.73 Å². The Morgan fingerprint density at radius 3 is 2.70 bits per heavy atom. The number of carbonyl (C=O) groups is 4. The molecule has 3 heterocycles. The molecule has 4 amide bonds. The van der Waals surface area contributed by atoms with Crippen LogP contribution in [0.4, 0.5) is 5.69 Å². The molecule has 5 N–H and O–H groups in total. The van der Waals surface area contributed by atoms with Gasteiger partial charge in [0.25, 0.3) is 5.91 Å². The van der Waals surface area contributed by atoms with Gasteiger partial charge in [-0.3, -0.25) is 29.4 Å². The number of likely N-dealkylation sites (tertiary alicyclic amines) is 1. The average molecular weight is 515 g/mol. The molecule has 3 atom stereocenters. The average Bonchev–Trinajstić information content (AvgIpc) is 3.40. The third kappa shape index (κ3) is 5.94. The van der Waals surface area contributed by atoms with Crippen LogP contribution in [0.2, 0.25) is 0 Å². The molecular weight excluding hydrogens is 476 g/mol. The van der Waals surface area contributed by atoms with Crippen LogP contribution in [-0.2, 0) is 14.4 Å². The Balaban J connectivity index is 1.31. The number of hydrogen-bond donors (Lipinski definition) is 4. The second-order valence-electron chi connectivity index (χ2n) is 10.4. The maximum atomic E-state index is 13.3. The van der Waals surface area contributed by atoms with Crippen LogP contribution in [0.3, 0.4) is 0 Å². The van der Waals surface area contributed by atoms with E-state index in [0.717, 1.165) is 25.9 Å². The van der Waals surface area contributed by atoms with Crippen molar-refractivity contribution in [1.29, 1.82) is 0 Å². The van der Waals surface area contributed by atoms with Crippen molar-refractivity contribution in [3.63, 3.8) is 0 Å². The summed E-state index contributed by atoms with van der Waals surface area (Å²) in [6, 6.07) is 4.71. The normalized spacial score (nSPS) is 23.7. The zero-order valence-corrected chi connectivity index (χ0v) is 21.6. The van der Waals surface area contributed by atoms with E-state index < -0.39 is 24.1 Å². The summed E-state index contributed by atoms with van der Waals surface area (Å²) in [5, 5.41) is 16.4. The topological polar surface area (TPSA) is 148 Å². The number of aliphatic hydroxyl groups excluding tert-OH is 1. The number of fused-ring (bicyclic) bond motifs is 1. The van der Waals surface area contributed by atoms with Gasteiger partial charge in [0.2, 0.25) is 17.7 Å². The van der Waals surface area contributed by atoms with Gasteiger partial charge in [-0.25, -0.2) is 0 Å². The lowest BCUT2D eigenvalue weighted by Gasteiger charge is -2.31. The zero-order valence-electron chi connectivity index (χ0n) is 21.6. The quantitative estimate of drug-likeness (QED) is 0.259. The third-order valence-corrected chi connectivity index (χ3v) is 7.49. The molecular formula is C26H38N6O5. The lowest BCUT2D eigenvalue weighted by atomic mass is 10.0. The molecule has 2 fully saturated rings. The van der Waals surface area contributed by atoms with Gasteiger partial charge in [-0.1, -0.05) is 12.1 Å². The second-order valence-corrected chi connectivity index (χ2v) is 10.4. The summed E-state index contributed by atoms with van der Waals surface area (Å²) in [7, 11) is 0. The standard InChI is InChI=1S/C26H38N6O5/c1-16(2)30(14-10-22(34)31-13-9-17(27)15-31)12-4-11-28-19-6-3-5-18-23(19)26(37)32(25(18)36)20-7-8-21(33)29-24(20)35/h3,5-6,16-17,20,25,28,36H,4,7-15,27H2,1-2H3,(H,29,33,35). The predicted molar refractivity (Wildman–Crippen MR) is 137 cm³/mol. The van der Waals surface area contributed by atoms with Crippen molar-refractivity contribution in [3.05, 3.63) is 29.3 Å². The van der Waals surface area contributed by atoms with Gasteiger partial charge in [0.15, 0.2) is 6.23 Å². The molecule has 3 aliphatic rings. The van der Waals surface area contributed by atoms with Crippen LogP contribution in [0.25, 0.3) is 0 Å². The summed E-state index contributed by atoms with van der Waals surface area (Å²) in [4.78, 5) is 54.9. The number of amides is 4. The second kappa shape index (κ2) is 11.6. The molecule has 4 rings (SSSR count). The summed E-state index contributed by atoms with van der Waals surface area (Å²) < 4.78 is 0. The molecule has 0 saturated carbocycles. The van der Waals surface area contributed by atoms with E-state index in [4.69, 9.17) is 5.73 Å². The zero-order chi connectivity index (χ0) is 26.7. The number of anilines is 1. The highest BCUT2D eigenvalue weighted by atomic mass is 16.3. The Hall–Kier alpha value is -3.02. The maximum Gasteiger partial charge on any atom is 0.259 e. The molecule has 0 aliphatic carbocycles. The van der Waals surface area contributed by atoms with E-state index in [1.807, 2.05) is 4.90 Å². The smallest absolute Gasteiger partial charge is 0.259 e. The van der Waals surface area contributed by atoms with E-state index >= 15 is 0 Å². The number of benzene rings is 1. The van der Waals surface area contributed by atoms with Crippen molar-refractivity contribution in [1.82, 2.24) is 20.0 Å². The molecule has 11 heteroatoms. The minimum Gasteiger partial charge on any atom is -0.384 e. The van der Waals surface area contributed by atoms with Crippen molar-refractivity contribution < 1.29 is 24.3 Å². The first-order valence-electron chi connectivity index (χ1n) is 13.2. The molecule has 2 saturated heterocycles. The summed E-state index contributed by atoms with van der Waals surface area (Å²) in [6.07, 6.45) is 1.18. The number of nitrogens with zero attached hydrogens (tertiary/aromatic N) is 3. The van der Waals surface area contributed by atoms with Crippen molar-refractivity contribution >= 4 is 29.3 Å². The predicted octanol–water partition coefficient (Wildman–Crippen LogP) is 0.401. The number of nitrogens with one attached hydrogen (secondary N) is 2. The summed E-state index contributed by atoms with van der Waals surface area (Å²) in [5.74, 6) is -1.22. The van der Waals surface area contributed by atoms with E-state index in [1.165, 1.54) is 4.90 Å². The van der Waals surface area contributed by atoms with E-state index in [2.05, 4.69) is 29.4 Å². The van der Waals surface area contributed by atoms with Crippen molar-refractivity contribution in [3.8, 4) is 0 Å². The summed E-state index contributed by atoms with van der Waals surface area (Å²) in [6.45, 7) is 7.65. The van der Waals surface area contributed by atoms with Gasteiger partial charge < -0.3 is 26.0 Å². The number of rotatable bonds is 10. The highest BCUT2D eigenvalue weighted by Gasteiger charge is 2.45. The minimum atomic E-state index is -1.24. The molecule has 0 radical (unpaired) electrons. The summed E-state index contributed by atoms with van der Waals surface area (Å²) in [5.41, 5.74) is 7.33. The van der Waals surface area contributed by atoms with Gasteiger partial charge in [0, 0.05) is 68.9 Å². The largest absolute Gasteiger partial charge is 0.384 e. The van der Waals surface area contributed by atoms with Crippen molar-refractivity contribution in [2.75, 3.05) is 38.0 Å². The number of nitrogens with two attached hydrogens (primary N) is 1. The SMILES string of the molecule is CC(C)N(CCCNc1cccc2c1C(=O)N(C1CCC(=O)NC1=O)C2O)CCC(=O)N1CCC(N)C1. The number of piperidine rings is 1. The van der Waals surface area contributed by atoms with Crippen LogP contribution in [0.15, 0.2) is 18.2 Å². The van der Waals surface area contributed by atoms with Gasteiger partial charge in [0.05, 0.1) is 5.56 Å². The van der Waals surface area contributed by atoms with Crippen molar-refractivity contribution in [2.45, 2.75) is 70.3 Å². The molecule has 0 aromatic heterocycles. The Bertz CT molecular complexity index is 1050.